The van der Waals surface area contributed by atoms with Crippen molar-refractivity contribution in [3.8, 4) is 0 Å². The van der Waals surface area contributed by atoms with E-state index < -0.39 is 0 Å². The zero-order valence-electron chi connectivity index (χ0n) is 10.1. The molecule has 0 aliphatic carbocycles. The smallest absolute Gasteiger partial charge is 0.0103 e. The monoisotopic (exact) mass is 288 g/mol. The fourth-order valence-electron chi connectivity index (χ4n) is 2.09. The first-order valence-corrected chi connectivity index (χ1v) is 7.09. The normalized spacial score (nSPS) is 12.4. The molecule has 1 heteroatoms. The molecule has 0 saturated heterocycles. The average molecular weight is 289 g/mol. The summed E-state index contributed by atoms with van der Waals surface area (Å²) in [6.07, 6.45) is 1.10. The van der Waals surface area contributed by atoms with E-state index in [0.29, 0.717) is 5.92 Å². The highest BCUT2D eigenvalue weighted by molar-refractivity contribution is 9.09. The molecule has 0 heterocycles. The summed E-state index contributed by atoms with van der Waals surface area (Å²) in [7, 11) is 0. The molecule has 0 fully saturated rings. The number of alkyl halides is 1. The van der Waals surface area contributed by atoms with E-state index in [1.54, 1.807) is 0 Å². The van der Waals surface area contributed by atoms with Gasteiger partial charge in [-0.1, -0.05) is 70.5 Å². The quantitative estimate of drug-likeness (QED) is 0.715. The number of hydrogen-bond acceptors (Lipinski definition) is 0. The Hall–Kier alpha value is -1.08. The summed E-state index contributed by atoms with van der Waals surface area (Å²) < 4.78 is 0. The first-order valence-electron chi connectivity index (χ1n) is 5.96. The van der Waals surface area contributed by atoms with Crippen LogP contribution in [0.5, 0.6) is 0 Å². The highest BCUT2D eigenvalue weighted by atomic mass is 79.9. The topological polar surface area (TPSA) is 0 Å². The second-order valence-corrected chi connectivity index (χ2v) is 5.04. The van der Waals surface area contributed by atoms with E-state index in [2.05, 4.69) is 77.5 Å². The lowest BCUT2D eigenvalue weighted by Crippen LogP contribution is -2.05. The third-order valence-corrected chi connectivity index (χ3v) is 3.97. The maximum Gasteiger partial charge on any atom is 0.0103 e. The summed E-state index contributed by atoms with van der Waals surface area (Å²) >= 11 is 3.63. The predicted molar refractivity (Wildman–Crippen MR) is 77.9 cm³/mol. The minimum Gasteiger partial charge on any atom is -0.0921 e. The Labute approximate surface area is 112 Å². The van der Waals surface area contributed by atoms with E-state index in [-0.39, 0.29) is 0 Å². The second-order valence-electron chi connectivity index (χ2n) is 4.39. The van der Waals surface area contributed by atoms with Crippen molar-refractivity contribution in [3.63, 3.8) is 0 Å². The van der Waals surface area contributed by atoms with Gasteiger partial charge < -0.3 is 0 Å². The first-order chi connectivity index (χ1) is 8.31. The molecule has 2 aromatic carbocycles. The van der Waals surface area contributed by atoms with E-state index in [1.165, 1.54) is 16.7 Å². The predicted octanol–water partition coefficient (Wildman–Crippen LogP) is 4.72. The minimum absolute atomic E-state index is 0.553. The van der Waals surface area contributed by atoms with Crippen LogP contribution in [-0.4, -0.2) is 5.33 Å². The molecule has 17 heavy (non-hydrogen) atoms. The molecule has 0 saturated carbocycles. The maximum atomic E-state index is 3.63. The molecule has 0 aromatic heterocycles. The van der Waals surface area contributed by atoms with E-state index >= 15 is 0 Å². The maximum absolute atomic E-state index is 3.63. The largest absolute Gasteiger partial charge is 0.0921 e. The van der Waals surface area contributed by atoms with Crippen LogP contribution < -0.4 is 0 Å². The van der Waals surface area contributed by atoms with Gasteiger partial charge in [-0.25, -0.2) is 0 Å². The van der Waals surface area contributed by atoms with Gasteiger partial charge >= 0.3 is 0 Å². The Morgan fingerprint density at radius 1 is 0.941 bits per heavy atom. The first kappa shape index (κ1) is 12.4. The molecule has 0 aliphatic rings. The molecule has 1 atom stereocenters. The highest BCUT2D eigenvalue weighted by Gasteiger charge is 2.11. The van der Waals surface area contributed by atoms with Crippen molar-refractivity contribution in [2.45, 2.75) is 19.3 Å². The van der Waals surface area contributed by atoms with Crippen LogP contribution in [0.1, 0.15) is 22.6 Å². The summed E-state index contributed by atoms with van der Waals surface area (Å²) in [5.41, 5.74) is 4.24. The van der Waals surface area contributed by atoms with E-state index in [4.69, 9.17) is 0 Å². The van der Waals surface area contributed by atoms with Gasteiger partial charge in [-0.3, -0.25) is 0 Å². The Bertz CT molecular complexity index is 462. The van der Waals surface area contributed by atoms with Crippen LogP contribution in [0.2, 0.25) is 0 Å². The van der Waals surface area contributed by atoms with E-state index in [9.17, 15) is 0 Å². The van der Waals surface area contributed by atoms with Gasteiger partial charge in [0.2, 0.25) is 0 Å². The van der Waals surface area contributed by atoms with Gasteiger partial charge in [-0.05, 0) is 36.0 Å². The molecule has 88 valence electrons. The second kappa shape index (κ2) is 6.02. The van der Waals surface area contributed by atoms with Crippen molar-refractivity contribution in [3.05, 3.63) is 71.3 Å². The minimum atomic E-state index is 0.553. The average Bonchev–Trinajstić information content (AvgIpc) is 2.39. The van der Waals surface area contributed by atoms with Crippen LogP contribution in [0.3, 0.4) is 0 Å². The third-order valence-electron chi connectivity index (χ3n) is 3.18. The van der Waals surface area contributed by atoms with Crippen LogP contribution in [0.15, 0.2) is 54.6 Å². The Morgan fingerprint density at radius 2 is 1.59 bits per heavy atom. The molecule has 0 N–H and O–H groups in total. The molecule has 1 unspecified atom stereocenters. The lowest BCUT2D eigenvalue weighted by Gasteiger charge is -2.16. The van der Waals surface area contributed by atoms with Crippen molar-refractivity contribution in [2.24, 2.45) is 0 Å². The van der Waals surface area contributed by atoms with Crippen molar-refractivity contribution >= 4 is 15.9 Å². The van der Waals surface area contributed by atoms with Gasteiger partial charge in [-0.15, -0.1) is 0 Å². The molecular weight excluding hydrogens is 272 g/mol. The summed E-state index contributed by atoms with van der Waals surface area (Å²) in [5, 5.41) is 1.01. The van der Waals surface area contributed by atoms with Crippen LogP contribution in [-0.2, 0) is 6.42 Å². The lowest BCUT2D eigenvalue weighted by molar-refractivity contribution is 0.771. The summed E-state index contributed by atoms with van der Waals surface area (Å²) in [4.78, 5) is 0. The lowest BCUT2D eigenvalue weighted by atomic mass is 9.92. The summed E-state index contributed by atoms with van der Waals surface area (Å²) in [5.74, 6) is 0.553. The van der Waals surface area contributed by atoms with E-state index in [0.717, 1.165) is 11.8 Å². The van der Waals surface area contributed by atoms with Gasteiger partial charge in [0.1, 0.15) is 0 Å². The van der Waals surface area contributed by atoms with Crippen LogP contribution in [0.4, 0.5) is 0 Å². The fraction of sp³-hybridized carbons (Fsp3) is 0.250. The highest BCUT2D eigenvalue weighted by Crippen LogP contribution is 2.24. The molecule has 0 bridgehead atoms. The molecule has 0 radical (unpaired) electrons. The molecular formula is C16H17Br. The van der Waals surface area contributed by atoms with Gasteiger partial charge in [-0.2, -0.15) is 0 Å². The molecule has 0 spiro atoms. The van der Waals surface area contributed by atoms with Gasteiger partial charge in [0.25, 0.3) is 0 Å². The number of halogens is 1. The van der Waals surface area contributed by atoms with Gasteiger partial charge in [0, 0.05) is 5.33 Å². The Kier molecular flexibility index (Phi) is 4.38. The number of aryl methyl sites for hydroxylation is 1. The number of hydrogen-bond donors (Lipinski definition) is 0. The molecule has 2 rings (SSSR count). The molecule has 0 aliphatic heterocycles. The van der Waals surface area contributed by atoms with Crippen molar-refractivity contribution in [1.29, 1.82) is 0 Å². The summed E-state index contributed by atoms with van der Waals surface area (Å²) in [6, 6.07) is 19.4. The SMILES string of the molecule is Cc1ccccc1CC(CBr)c1ccccc1. The molecule has 0 amide bonds. The van der Waals surface area contributed by atoms with Gasteiger partial charge in [0.05, 0.1) is 0 Å². The standard InChI is InChI=1S/C16H17Br/c1-13-7-5-6-10-15(13)11-16(12-17)14-8-3-2-4-9-14/h2-10,16H,11-12H2,1H3. The van der Waals surface area contributed by atoms with E-state index in [1.807, 2.05) is 0 Å². The van der Waals surface area contributed by atoms with Gasteiger partial charge in [0.15, 0.2) is 0 Å². The third kappa shape index (κ3) is 3.19. The Morgan fingerprint density at radius 3 is 2.24 bits per heavy atom. The molecule has 2 aromatic rings. The number of benzene rings is 2. The summed E-state index contributed by atoms with van der Waals surface area (Å²) in [6.45, 7) is 2.19. The van der Waals surface area contributed by atoms with Crippen molar-refractivity contribution in [1.82, 2.24) is 0 Å². The molecule has 0 nitrogen and oxygen atoms in total. The van der Waals surface area contributed by atoms with Crippen LogP contribution >= 0.6 is 15.9 Å². The van der Waals surface area contributed by atoms with Crippen LogP contribution in [0.25, 0.3) is 0 Å². The zero-order valence-corrected chi connectivity index (χ0v) is 11.7. The zero-order chi connectivity index (χ0) is 12.1. The van der Waals surface area contributed by atoms with Crippen LogP contribution in [0, 0.1) is 6.92 Å². The van der Waals surface area contributed by atoms with Crippen molar-refractivity contribution in [2.75, 3.05) is 5.33 Å². The number of rotatable bonds is 4. The van der Waals surface area contributed by atoms with Crippen molar-refractivity contribution < 1.29 is 0 Å². The Balaban J connectivity index is 2.19. The fourth-order valence-corrected chi connectivity index (χ4v) is 2.69.